The van der Waals surface area contributed by atoms with Crippen molar-refractivity contribution in [3.8, 4) is 23.1 Å². The maximum Gasteiger partial charge on any atom is 0.407 e. The maximum absolute atomic E-state index is 13.7. The number of aromatic amines is 2. The van der Waals surface area contributed by atoms with Gasteiger partial charge in [0.05, 0.1) is 49.2 Å². The molecule has 2 aliphatic heterocycles. The number of ether oxygens (including phenoxy) is 2. The number of benzene rings is 2. The largest absolute Gasteiger partial charge is 0.453 e. The average Bonchev–Trinajstić information content (AvgIpc) is 4.00. The second-order valence-corrected chi connectivity index (χ2v) is 15.1. The van der Waals surface area contributed by atoms with Crippen molar-refractivity contribution in [2.45, 2.75) is 78.0 Å². The van der Waals surface area contributed by atoms with Gasteiger partial charge in [-0.3, -0.25) is 9.59 Å². The van der Waals surface area contributed by atoms with Crippen molar-refractivity contribution in [1.29, 1.82) is 0 Å². The first-order valence-electron chi connectivity index (χ1n) is 18.8. The first-order valence-corrected chi connectivity index (χ1v) is 18.8. The number of imidazole rings is 2. The number of hydrogen-bond donors (Lipinski definition) is 4. The molecular weight excluding hydrogens is 701 g/mol. The lowest BCUT2D eigenvalue weighted by molar-refractivity contribution is -0.136. The van der Waals surface area contributed by atoms with Crippen LogP contribution >= 0.6 is 0 Å². The predicted molar refractivity (Wildman–Crippen MR) is 206 cm³/mol. The molecule has 0 radical (unpaired) electrons. The molecule has 0 saturated carbocycles. The van der Waals surface area contributed by atoms with E-state index in [1.165, 1.54) is 14.2 Å². The summed E-state index contributed by atoms with van der Waals surface area (Å²) in [5.41, 5.74) is 5.04. The molecule has 14 nitrogen and oxygen atoms in total. The number of carbonyl (C=O) groups excluding carboxylic acids is 4. The molecule has 2 aromatic heterocycles. The van der Waals surface area contributed by atoms with Crippen LogP contribution in [-0.2, 0) is 19.1 Å². The number of fused-ring (bicyclic) bond motifs is 1. The molecule has 4 N–H and O–H groups in total. The van der Waals surface area contributed by atoms with Gasteiger partial charge < -0.3 is 39.9 Å². The van der Waals surface area contributed by atoms with E-state index >= 15 is 0 Å². The van der Waals surface area contributed by atoms with Crippen molar-refractivity contribution in [1.82, 2.24) is 40.4 Å². The number of nitrogens with one attached hydrogen (secondary N) is 4. The van der Waals surface area contributed by atoms with Gasteiger partial charge in [-0.25, -0.2) is 19.6 Å². The minimum atomic E-state index is -0.709. The molecule has 2 aromatic carbocycles. The smallest absolute Gasteiger partial charge is 0.407 e. The highest BCUT2D eigenvalue weighted by Gasteiger charge is 2.40. The molecule has 2 aliphatic rings. The van der Waals surface area contributed by atoms with Gasteiger partial charge in [0.15, 0.2) is 0 Å². The number of alkyl carbamates (subject to hydrolysis) is 2. The summed E-state index contributed by atoms with van der Waals surface area (Å²) >= 11 is 0. The number of nitrogens with zero attached hydrogens (tertiary/aromatic N) is 4. The Morgan fingerprint density at radius 1 is 0.818 bits per heavy atom. The number of likely N-dealkylation sites (tertiary alicyclic amines) is 2. The zero-order valence-corrected chi connectivity index (χ0v) is 32.4. The average molecular weight is 751 g/mol. The van der Waals surface area contributed by atoms with Crippen molar-refractivity contribution in [2.24, 2.45) is 17.8 Å². The van der Waals surface area contributed by atoms with Crippen molar-refractivity contribution in [3.05, 3.63) is 71.4 Å². The summed E-state index contributed by atoms with van der Waals surface area (Å²) in [6.07, 6.45) is 2.88. The van der Waals surface area contributed by atoms with Gasteiger partial charge in [-0.1, -0.05) is 58.6 Å². The highest BCUT2D eigenvalue weighted by atomic mass is 16.5. The fraction of sp³-hybridized carbons (Fsp3) is 0.463. The van der Waals surface area contributed by atoms with Crippen LogP contribution in [0.15, 0.2) is 48.7 Å². The summed E-state index contributed by atoms with van der Waals surface area (Å²) in [7, 11) is 2.57. The van der Waals surface area contributed by atoms with Crippen LogP contribution in [-0.4, -0.2) is 93.1 Å². The van der Waals surface area contributed by atoms with Crippen molar-refractivity contribution >= 4 is 35.0 Å². The number of H-pyrrole nitrogens is 2. The van der Waals surface area contributed by atoms with Crippen LogP contribution in [0.5, 0.6) is 0 Å². The van der Waals surface area contributed by atoms with Crippen LogP contribution in [0, 0.1) is 29.6 Å². The Hall–Kier alpha value is -5.84. The maximum atomic E-state index is 13.7. The van der Waals surface area contributed by atoms with Crippen molar-refractivity contribution in [2.75, 3.05) is 27.3 Å². The monoisotopic (exact) mass is 750 g/mol. The minimum absolute atomic E-state index is 0.110. The Morgan fingerprint density at radius 2 is 1.44 bits per heavy atom. The van der Waals surface area contributed by atoms with E-state index < -0.39 is 24.3 Å². The lowest BCUT2D eigenvalue weighted by atomic mass is 10.0. The first kappa shape index (κ1) is 38.9. The molecule has 0 unspecified atom stereocenters. The molecule has 0 aliphatic carbocycles. The van der Waals surface area contributed by atoms with Gasteiger partial charge in [0.2, 0.25) is 11.8 Å². The molecule has 14 heteroatoms. The Morgan fingerprint density at radius 3 is 2.07 bits per heavy atom. The van der Waals surface area contributed by atoms with E-state index in [0.29, 0.717) is 24.7 Å². The first-order chi connectivity index (χ1) is 26.4. The molecule has 55 heavy (non-hydrogen) atoms. The molecule has 290 valence electrons. The molecular formula is C41H50N8O6. The van der Waals surface area contributed by atoms with Gasteiger partial charge in [-0.15, -0.1) is 0 Å². The summed E-state index contributed by atoms with van der Waals surface area (Å²) in [6, 6.07) is 11.8. The lowest BCUT2D eigenvalue weighted by Crippen LogP contribution is -2.51. The highest BCUT2D eigenvalue weighted by molar-refractivity contribution is 5.87. The van der Waals surface area contributed by atoms with Crippen LogP contribution in [0.1, 0.15) is 88.7 Å². The van der Waals surface area contributed by atoms with E-state index in [-0.39, 0.29) is 41.7 Å². The summed E-state index contributed by atoms with van der Waals surface area (Å²) < 4.78 is 9.52. The second-order valence-electron chi connectivity index (χ2n) is 15.1. The number of methoxy groups -OCH3 is 2. The van der Waals surface area contributed by atoms with Gasteiger partial charge in [-0.05, 0) is 72.9 Å². The van der Waals surface area contributed by atoms with Gasteiger partial charge in [0.25, 0.3) is 0 Å². The van der Waals surface area contributed by atoms with E-state index in [4.69, 9.17) is 14.5 Å². The molecule has 4 heterocycles. The Bertz CT molecular complexity index is 2090. The standard InChI is InChI=1S/C41H50N8O6/c1-23(2)34(46-40(52)54-6)38(50)48-18-8-9-32(48)36-42-21-31(45-36)28-15-12-26(13-16-28)10-11-27-14-17-29-30(20-27)44-37(43-29)33-19-25(5)22-49(33)39(51)35(24(3)4)47-41(53)55-7/h12-17,20-21,23-25,32-35H,8-9,18-19,22H2,1-7H3,(H,42,45)(H,43,44)(H,46,52)(H,47,53)/t25-,32-,33-,34-,35-/m0/s1. The molecule has 0 spiro atoms. The number of aromatic nitrogens is 4. The normalized spacial score (nSPS) is 19.3. The zero-order chi connectivity index (χ0) is 39.4. The molecule has 5 atom stereocenters. The van der Waals surface area contributed by atoms with Crippen LogP contribution in [0.3, 0.4) is 0 Å². The molecule has 2 saturated heterocycles. The number of carbonyl (C=O) groups is 4. The predicted octanol–water partition coefficient (Wildman–Crippen LogP) is 5.69. The van der Waals surface area contributed by atoms with E-state index in [1.807, 2.05) is 75.1 Å². The lowest BCUT2D eigenvalue weighted by Gasteiger charge is -2.30. The number of amides is 4. The summed E-state index contributed by atoms with van der Waals surface area (Å²) in [6.45, 7) is 10.8. The number of rotatable bonds is 9. The van der Waals surface area contributed by atoms with E-state index in [9.17, 15) is 19.2 Å². The summed E-state index contributed by atoms with van der Waals surface area (Å²) in [5, 5.41) is 5.39. The SMILES string of the molecule is COC(=O)N[C@H](C(=O)N1CCC[C@H]1c1ncc(-c2ccc(C#Cc3ccc4nc([C@@H]5C[C@H](C)CN5C(=O)[C@@H](NC(=O)OC)C(C)C)[nH]c4c3)cc2)[nH]1)C(C)C. The molecule has 2 fully saturated rings. The number of hydrogen-bond acceptors (Lipinski definition) is 8. The van der Waals surface area contributed by atoms with Crippen LogP contribution in [0.25, 0.3) is 22.3 Å². The van der Waals surface area contributed by atoms with E-state index in [0.717, 1.165) is 52.7 Å². The Kier molecular flexibility index (Phi) is 11.8. The molecule has 6 rings (SSSR count). The Balaban J connectivity index is 1.13. The third kappa shape index (κ3) is 8.61. The fourth-order valence-corrected chi connectivity index (χ4v) is 7.41. The van der Waals surface area contributed by atoms with Crippen molar-refractivity contribution in [3.63, 3.8) is 0 Å². The quantitative estimate of drug-likeness (QED) is 0.158. The second kappa shape index (κ2) is 16.7. The molecule has 0 bridgehead atoms. The molecule has 4 amide bonds. The zero-order valence-electron chi connectivity index (χ0n) is 32.4. The van der Waals surface area contributed by atoms with Gasteiger partial charge in [0.1, 0.15) is 23.7 Å². The van der Waals surface area contributed by atoms with Crippen molar-refractivity contribution < 1.29 is 28.7 Å². The summed E-state index contributed by atoms with van der Waals surface area (Å²) in [4.78, 5) is 71.1. The van der Waals surface area contributed by atoms with Crippen LogP contribution in [0.2, 0.25) is 0 Å². The fourth-order valence-electron chi connectivity index (χ4n) is 7.41. The van der Waals surface area contributed by atoms with E-state index in [1.54, 1.807) is 11.1 Å². The van der Waals surface area contributed by atoms with Crippen LogP contribution in [0.4, 0.5) is 9.59 Å². The highest BCUT2D eigenvalue weighted by Crippen LogP contribution is 2.36. The third-order valence-corrected chi connectivity index (χ3v) is 10.4. The third-order valence-electron chi connectivity index (χ3n) is 10.4. The summed E-state index contributed by atoms with van der Waals surface area (Å²) in [5.74, 6) is 7.66. The minimum Gasteiger partial charge on any atom is -0.453 e. The van der Waals surface area contributed by atoms with Gasteiger partial charge in [-0.2, -0.15) is 0 Å². The molecule has 4 aromatic rings. The van der Waals surface area contributed by atoms with E-state index in [2.05, 4.69) is 44.4 Å². The van der Waals surface area contributed by atoms with Gasteiger partial charge >= 0.3 is 12.2 Å². The Labute approximate surface area is 321 Å². The van der Waals surface area contributed by atoms with Crippen LogP contribution < -0.4 is 10.6 Å². The van der Waals surface area contributed by atoms with Gasteiger partial charge in [0, 0.05) is 24.2 Å². The topological polar surface area (TPSA) is 175 Å².